The third-order valence-electron chi connectivity index (χ3n) is 7.61. The molecular formula is C31H26F3NO4. The quantitative estimate of drug-likeness (QED) is 0.370. The Morgan fingerprint density at radius 2 is 1.59 bits per heavy atom. The predicted molar refractivity (Wildman–Crippen MR) is 139 cm³/mol. The van der Waals surface area contributed by atoms with E-state index in [0.29, 0.717) is 22.4 Å². The van der Waals surface area contributed by atoms with Gasteiger partial charge in [-0.15, -0.1) is 0 Å². The fourth-order valence-corrected chi connectivity index (χ4v) is 6.13. The van der Waals surface area contributed by atoms with Crippen molar-refractivity contribution in [3.05, 3.63) is 113 Å². The fraction of sp³-hybridized carbons (Fsp3) is 0.258. The number of allylic oxidation sites excluding steroid dienone is 1. The van der Waals surface area contributed by atoms with Crippen LogP contribution in [0.2, 0.25) is 0 Å². The Kier molecular flexibility index (Phi) is 6.66. The normalized spacial score (nSPS) is 22.4. The van der Waals surface area contributed by atoms with E-state index in [9.17, 15) is 27.6 Å². The van der Waals surface area contributed by atoms with Crippen LogP contribution in [0.25, 0.3) is 0 Å². The first-order chi connectivity index (χ1) is 18.6. The van der Waals surface area contributed by atoms with Gasteiger partial charge in [-0.05, 0) is 54.2 Å². The van der Waals surface area contributed by atoms with E-state index in [1.54, 1.807) is 37.3 Å². The van der Waals surface area contributed by atoms with Gasteiger partial charge in [0.25, 0.3) is 0 Å². The standard InChI is InChI=1S/C31H26F3NO4/c1-3-39-28(37)25-18-17-23(20-13-15-22(16-14-20)31(32,33)34)27(21-9-5-4-6-10-21)30(25)24-11-7-8-12-26(24)35(19(2)36)29(30)38/h4-16,18,23,27H,3,17H2,1-2H3/t23-,27-,30+/m0/s1. The van der Waals surface area contributed by atoms with Crippen LogP contribution >= 0.6 is 0 Å². The summed E-state index contributed by atoms with van der Waals surface area (Å²) in [7, 11) is 0. The van der Waals surface area contributed by atoms with Gasteiger partial charge in [0.2, 0.25) is 11.8 Å². The summed E-state index contributed by atoms with van der Waals surface area (Å²) >= 11 is 0. The molecule has 5 rings (SSSR count). The molecule has 0 saturated heterocycles. The fourth-order valence-electron chi connectivity index (χ4n) is 6.13. The van der Waals surface area contributed by atoms with E-state index in [0.717, 1.165) is 17.0 Å². The number of carbonyl (C=O) groups excluding carboxylic acids is 3. The van der Waals surface area contributed by atoms with E-state index in [2.05, 4.69) is 0 Å². The number of benzene rings is 3. The van der Waals surface area contributed by atoms with E-state index >= 15 is 0 Å². The number of carbonyl (C=O) groups is 3. The third kappa shape index (κ3) is 4.15. The maximum absolute atomic E-state index is 14.6. The van der Waals surface area contributed by atoms with Gasteiger partial charge >= 0.3 is 12.1 Å². The molecule has 1 aliphatic carbocycles. The van der Waals surface area contributed by atoms with Crippen LogP contribution in [0.4, 0.5) is 18.9 Å². The second kappa shape index (κ2) is 9.84. The number of alkyl halides is 3. The lowest BCUT2D eigenvalue weighted by Gasteiger charge is -2.45. The first kappa shape index (κ1) is 26.4. The summed E-state index contributed by atoms with van der Waals surface area (Å²) in [6.45, 7) is 3.03. The number of rotatable bonds is 4. The van der Waals surface area contributed by atoms with Gasteiger partial charge in [0.15, 0.2) is 0 Å². The minimum Gasteiger partial charge on any atom is -0.463 e. The Morgan fingerprint density at radius 3 is 2.21 bits per heavy atom. The molecule has 0 saturated carbocycles. The topological polar surface area (TPSA) is 63.7 Å². The first-order valence-corrected chi connectivity index (χ1v) is 12.7. The smallest absolute Gasteiger partial charge is 0.416 e. The zero-order valence-corrected chi connectivity index (χ0v) is 21.4. The molecule has 3 aromatic carbocycles. The lowest BCUT2D eigenvalue weighted by atomic mass is 9.55. The van der Waals surface area contributed by atoms with Crippen molar-refractivity contribution in [3.63, 3.8) is 0 Å². The molecule has 0 bridgehead atoms. The highest BCUT2D eigenvalue weighted by Gasteiger charge is 2.63. The number of fused-ring (bicyclic) bond motifs is 2. The van der Waals surface area contributed by atoms with E-state index in [1.165, 1.54) is 19.1 Å². The first-order valence-electron chi connectivity index (χ1n) is 12.7. The molecule has 3 aromatic rings. The number of hydrogen-bond donors (Lipinski definition) is 0. The number of para-hydroxylation sites is 1. The van der Waals surface area contributed by atoms with Crippen LogP contribution in [-0.4, -0.2) is 24.4 Å². The van der Waals surface area contributed by atoms with E-state index in [-0.39, 0.29) is 18.6 Å². The van der Waals surface area contributed by atoms with E-state index < -0.39 is 46.8 Å². The van der Waals surface area contributed by atoms with Gasteiger partial charge in [-0.1, -0.05) is 66.7 Å². The van der Waals surface area contributed by atoms with E-state index in [1.807, 2.05) is 30.3 Å². The van der Waals surface area contributed by atoms with Crippen molar-refractivity contribution in [2.24, 2.45) is 0 Å². The zero-order valence-electron chi connectivity index (χ0n) is 21.4. The lowest BCUT2D eigenvalue weighted by Crippen LogP contribution is -2.52. The van der Waals surface area contributed by atoms with E-state index in [4.69, 9.17) is 4.74 Å². The third-order valence-corrected chi connectivity index (χ3v) is 7.61. The van der Waals surface area contributed by atoms with Gasteiger partial charge < -0.3 is 4.74 Å². The zero-order chi connectivity index (χ0) is 27.9. The minimum absolute atomic E-state index is 0.0802. The van der Waals surface area contributed by atoms with Crippen LogP contribution in [0, 0.1) is 0 Å². The van der Waals surface area contributed by atoms with Gasteiger partial charge in [-0.25, -0.2) is 9.69 Å². The molecule has 5 nitrogen and oxygen atoms in total. The van der Waals surface area contributed by atoms with Crippen LogP contribution in [0.15, 0.2) is 90.5 Å². The van der Waals surface area contributed by atoms with Crippen LogP contribution in [0.1, 0.15) is 54.4 Å². The van der Waals surface area contributed by atoms with Crippen molar-refractivity contribution >= 4 is 23.5 Å². The Hall–Kier alpha value is -4.20. The summed E-state index contributed by atoms with van der Waals surface area (Å²) in [6, 6.07) is 20.9. The van der Waals surface area contributed by atoms with Crippen LogP contribution in [-0.2, 0) is 30.7 Å². The van der Waals surface area contributed by atoms with Crippen molar-refractivity contribution in [1.82, 2.24) is 0 Å². The molecule has 2 aliphatic rings. The van der Waals surface area contributed by atoms with Gasteiger partial charge in [0.1, 0.15) is 5.41 Å². The highest BCUT2D eigenvalue weighted by Crippen LogP contribution is 2.61. The molecule has 8 heteroatoms. The summed E-state index contributed by atoms with van der Waals surface area (Å²) in [5.74, 6) is -2.97. The average molecular weight is 534 g/mol. The SMILES string of the molecule is CCOC(=O)C1=CC[C@@H](c2ccc(C(F)(F)F)cc2)[C@H](c2ccccc2)[C@]12C(=O)N(C(C)=O)c1ccccc12. The molecule has 0 N–H and O–H groups in total. The largest absolute Gasteiger partial charge is 0.463 e. The van der Waals surface area contributed by atoms with Crippen molar-refractivity contribution in [1.29, 1.82) is 0 Å². The van der Waals surface area contributed by atoms with Crippen molar-refractivity contribution in [2.75, 3.05) is 11.5 Å². The Morgan fingerprint density at radius 1 is 0.949 bits per heavy atom. The number of nitrogens with zero attached hydrogens (tertiary/aromatic N) is 1. The van der Waals surface area contributed by atoms with Crippen LogP contribution in [0.5, 0.6) is 0 Å². The molecule has 2 amide bonds. The average Bonchev–Trinajstić information content (AvgIpc) is 3.17. The highest BCUT2D eigenvalue weighted by atomic mass is 19.4. The molecule has 0 aromatic heterocycles. The van der Waals surface area contributed by atoms with Crippen molar-refractivity contribution in [2.45, 2.75) is 43.7 Å². The molecular weight excluding hydrogens is 507 g/mol. The summed E-state index contributed by atoms with van der Waals surface area (Å²) in [5, 5.41) is 0. The number of halogens is 3. The monoisotopic (exact) mass is 533 g/mol. The molecule has 1 aliphatic heterocycles. The Labute approximate surface area is 223 Å². The second-order valence-corrected chi connectivity index (χ2v) is 9.67. The number of hydrogen-bond acceptors (Lipinski definition) is 4. The molecule has 0 unspecified atom stereocenters. The number of anilines is 1. The summed E-state index contributed by atoms with van der Waals surface area (Å²) in [6.07, 6.45) is -2.57. The maximum atomic E-state index is 14.6. The molecule has 1 heterocycles. The maximum Gasteiger partial charge on any atom is 0.416 e. The number of amides is 2. The second-order valence-electron chi connectivity index (χ2n) is 9.67. The molecule has 0 fully saturated rings. The molecule has 39 heavy (non-hydrogen) atoms. The Bertz CT molecular complexity index is 1460. The number of ether oxygens (including phenoxy) is 1. The molecule has 0 radical (unpaired) electrons. The summed E-state index contributed by atoms with van der Waals surface area (Å²) < 4.78 is 45.5. The van der Waals surface area contributed by atoms with Gasteiger partial charge in [-0.3, -0.25) is 9.59 Å². The number of imide groups is 1. The van der Waals surface area contributed by atoms with Crippen molar-refractivity contribution < 1.29 is 32.3 Å². The van der Waals surface area contributed by atoms with Crippen LogP contribution < -0.4 is 4.90 Å². The minimum atomic E-state index is -4.50. The van der Waals surface area contributed by atoms with Crippen molar-refractivity contribution in [3.8, 4) is 0 Å². The van der Waals surface area contributed by atoms with Crippen LogP contribution in [0.3, 0.4) is 0 Å². The number of esters is 1. The molecule has 1 spiro atoms. The molecule has 3 atom stereocenters. The van der Waals surface area contributed by atoms with Gasteiger partial charge in [-0.2, -0.15) is 13.2 Å². The van der Waals surface area contributed by atoms with Gasteiger partial charge in [0.05, 0.1) is 23.4 Å². The van der Waals surface area contributed by atoms with Gasteiger partial charge in [0, 0.05) is 12.8 Å². The molecule has 200 valence electrons. The predicted octanol–water partition coefficient (Wildman–Crippen LogP) is 6.30. The lowest BCUT2D eigenvalue weighted by molar-refractivity contribution is -0.142. The summed E-state index contributed by atoms with van der Waals surface area (Å²) in [4.78, 5) is 42.0. The Balaban J connectivity index is 1.82. The summed E-state index contributed by atoms with van der Waals surface area (Å²) in [5.41, 5.74) is -0.132. The highest BCUT2D eigenvalue weighted by molar-refractivity contribution is 6.26.